The van der Waals surface area contributed by atoms with Crippen molar-refractivity contribution < 1.29 is 17.9 Å². The van der Waals surface area contributed by atoms with Crippen molar-refractivity contribution in [2.75, 3.05) is 18.4 Å². The Morgan fingerprint density at radius 3 is 2.30 bits per heavy atom. The molecule has 0 atom stereocenters. The number of amides is 1. The summed E-state index contributed by atoms with van der Waals surface area (Å²) in [6.45, 7) is 4.03. The first-order valence-electron chi connectivity index (χ1n) is 8.58. The van der Waals surface area contributed by atoms with E-state index < -0.39 is 15.4 Å². The molecule has 1 aliphatic carbocycles. The van der Waals surface area contributed by atoms with E-state index in [9.17, 15) is 13.2 Å². The molecule has 0 aromatic heterocycles. The molecule has 2 aromatic carbocycles. The summed E-state index contributed by atoms with van der Waals surface area (Å²) in [5, 5.41) is 2.84. The van der Waals surface area contributed by atoms with E-state index in [-0.39, 0.29) is 10.8 Å². The highest BCUT2D eigenvalue weighted by atomic mass is 32.2. The van der Waals surface area contributed by atoms with Crippen LogP contribution in [0.2, 0.25) is 0 Å². The normalized spacial score (nSPS) is 14.9. The van der Waals surface area contributed by atoms with Gasteiger partial charge in [0.05, 0.1) is 17.4 Å². The van der Waals surface area contributed by atoms with Crippen LogP contribution in [0.25, 0.3) is 0 Å². The SMILES string of the molecule is C=CCNC(=O)C1(c2ccc(NS(=O)(=O)c3ccc(OC)cc3)cc2)CC1. The Bertz CT molecular complexity index is 931. The van der Waals surface area contributed by atoms with E-state index in [1.54, 1.807) is 42.5 Å². The molecule has 6 nitrogen and oxygen atoms in total. The lowest BCUT2D eigenvalue weighted by Crippen LogP contribution is -2.34. The molecule has 1 saturated carbocycles. The van der Waals surface area contributed by atoms with Crippen molar-refractivity contribution in [2.24, 2.45) is 0 Å². The fraction of sp³-hybridized carbons (Fsp3) is 0.250. The molecular formula is C20H22N2O4S. The molecule has 0 aliphatic heterocycles. The minimum absolute atomic E-state index is 0.0195. The molecule has 0 unspecified atom stereocenters. The number of rotatable bonds is 8. The summed E-state index contributed by atoms with van der Waals surface area (Å²) in [4.78, 5) is 12.5. The van der Waals surface area contributed by atoms with Crippen LogP contribution in [0.3, 0.4) is 0 Å². The summed E-state index contributed by atoms with van der Waals surface area (Å²) in [5.74, 6) is 0.566. The van der Waals surface area contributed by atoms with Gasteiger partial charge in [0.25, 0.3) is 10.0 Å². The average Bonchev–Trinajstić information content (AvgIpc) is 3.48. The summed E-state index contributed by atoms with van der Waals surface area (Å²) in [6.07, 6.45) is 3.21. The van der Waals surface area contributed by atoms with Gasteiger partial charge in [-0.2, -0.15) is 0 Å². The number of ether oxygens (including phenoxy) is 1. The third-order valence-corrected chi connectivity index (χ3v) is 6.05. The van der Waals surface area contributed by atoms with Crippen molar-refractivity contribution in [2.45, 2.75) is 23.2 Å². The molecule has 0 bridgehead atoms. The topological polar surface area (TPSA) is 84.5 Å². The third-order valence-electron chi connectivity index (χ3n) is 4.65. The highest BCUT2D eigenvalue weighted by Gasteiger charge is 2.50. The molecule has 142 valence electrons. The predicted molar refractivity (Wildman–Crippen MR) is 104 cm³/mol. The second-order valence-corrected chi connectivity index (χ2v) is 8.12. The maximum atomic E-state index is 12.5. The largest absolute Gasteiger partial charge is 0.497 e. The van der Waals surface area contributed by atoms with E-state index >= 15 is 0 Å². The van der Waals surface area contributed by atoms with Crippen LogP contribution < -0.4 is 14.8 Å². The van der Waals surface area contributed by atoms with Crippen LogP contribution in [0, 0.1) is 0 Å². The van der Waals surface area contributed by atoms with Gasteiger partial charge in [-0.25, -0.2) is 8.42 Å². The molecule has 7 heteroatoms. The van der Waals surface area contributed by atoms with Gasteiger partial charge in [0.1, 0.15) is 5.75 Å². The first-order chi connectivity index (χ1) is 12.9. The Hall–Kier alpha value is -2.80. The van der Waals surface area contributed by atoms with Crippen LogP contribution in [0.1, 0.15) is 18.4 Å². The summed E-state index contributed by atoms with van der Waals surface area (Å²) in [6, 6.07) is 13.1. The lowest BCUT2D eigenvalue weighted by Gasteiger charge is -2.16. The second-order valence-electron chi connectivity index (χ2n) is 6.44. The Balaban J connectivity index is 1.73. The number of nitrogens with one attached hydrogen (secondary N) is 2. The minimum Gasteiger partial charge on any atom is -0.497 e. The van der Waals surface area contributed by atoms with Crippen molar-refractivity contribution in [3.8, 4) is 5.75 Å². The Kier molecular flexibility index (Phi) is 5.23. The number of carbonyl (C=O) groups is 1. The number of anilines is 1. The summed E-state index contributed by atoms with van der Waals surface area (Å²) < 4.78 is 32.6. The van der Waals surface area contributed by atoms with E-state index in [1.807, 2.05) is 0 Å². The van der Waals surface area contributed by atoms with Gasteiger partial charge in [0, 0.05) is 12.2 Å². The summed E-state index contributed by atoms with van der Waals surface area (Å²) >= 11 is 0. The van der Waals surface area contributed by atoms with Gasteiger partial charge in [-0.1, -0.05) is 18.2 Å². The zero-order valence-electron chi connectivity index (χ0n) is 15.1. The second kappa shape index (κ2) is 7.44. The quantitative estimate of drug-likeness (QED) is 0.683. The van der Waals surface area contributed by atoms with Crippen molar-refractivity contribution >= 4 is 21.6 Å². The molecule has 2 N–H and O–H groups in total. The fourth-order valence-corrected chi connectivity index (χ4v) is 3.99. The minimum atomic E-state index is -3.70. The van der Waals surface area contributed by atoms with Gasteiger partial charge in [-0.3, -0.25) is 9.52 Å². The highest BCUT2D eigenvalue weighted by molar-refractivity contribution is 7.92. The number of methoxy groups -OCH3 is 1. The monoisotopic (exact) mass is 386 g/mol. The van der Waals surface area contributed by atoms with Gasteiger partial charge < -0.3 is 10.1 Å². The van der Waals surface area contributed by atoms with Crippen molar-refractivity contribution in [1.29, 1.82) is 0 Å². The fourth-order valence-electron chi connectivity index (χ4n) is 2.93. The van der Waals surface area contributed by atoms with E-state index in [0.29, 0.717) is 18.0 Å². The van der Waals surface area contributed by atoms with Crippen molar-refractivity contribution in [3.05, 3.63) is 66.7 Å². The van der Waals surface area contributed by atoms with Crippen LogP contribution in [0.15, 0.2) is 66.1 Å². The predicted octanol–water partition coefficient (Wildman–Crippen LogP) is 2.83. The number of hydrogen-bond donors (Lipinski definition) is 2. The van der Waals surface area contributed by atoms with Crippen LogP contribution in [0.5, 0.6) is 5.75 Å². The zero-order chi connectivity index (χ0) is 19.5. The third kappa shape index (κ3) is 3.98. The van der Waals surface area contributed by atoms with Crippen LogP contribution in [-0.2, 0) is 20.2 Å². The maximum absolute atomic E-state index is 12.5. The van der Waals surface area contributed by atoms with Crippen LogP contribution >= 0.6 is 0 Å². The zero-order valence-corrected chi connectivity index (χ0v) is 15.9. The molecule has 0 saturated heterocycles. The lowest BCUT2D eigenvalue weighted by molar-refractivity contribution is -0.123. The van der Waals surface area contributed by atoms with Gasteiger partial charge >= 0.3 is 0 Å². The number of benzene rings is 2. The van der Waals surface area contributed by atoms with Crippen LogP contribution in [-0.4, -0.2) is 28.0 Å². The molecule has 2 aromatic rings. The first kappa shape index (κ1) is 19.0. The first-order valence-corrected chi connectivity index (χ1v) is 10.1. The lowest BCUT2D eigenvalue weighted by atomic mass is 9.95. The summed E-state index contributed by atoms with van der Waals surface area (Å²) in [7, 11) is -2.17. The Morgan fingerprint density at radius 1 is 1.15 bits per heavy atom. The molecule has 27 heavy (non-hydrogen) atoms. The maximum Gasteiger partial charge on any atom is 0.261 e. The van der Waals surface area contributed by atoms with Crippen molar-refractivity contribution in [3.63, 3.8) is 0 Å². The molecule has 1 aliphatic rings. The van der Waals surface area contributed by atoms with E-state index in [4.69, 9.17) is 4.74 Å². The molecule has 0 heterocycles. The van der Waals surface area contributed by atoms with E-state index in [1.165, 1.54) is 19.2 Å². The summed E-state index contributed by atoms with van der Waals surface area (Å²) in [5.41, 5.74) is 0.824. The molecular weight excluding hydrogens is 364 g/mol. The standard InChI is InChI=1S/C20H22N2O4S/c1-3-14-21-19(23)20(12-13-20)15-4-6-16(7-5-15)22-27(24,25)18-10-8-17(26-2)9-11-18/h3-11,22H,1,12-14H2,2H3,(H,21,23). The number of sulfonamides is 1. The van der Waals surface area contributed by atoms with Gasteiger partial charge in [-0.15, -0.1) is 6.58 Å². The highest BCUT2D eigenvalue weighted by Crippen LogP contribution is 2.48. The van der Waals surface area contributed by atoms with Gasteiger partial charge in [0.2, 0.25) is 5.91 Å². The van der Waals surface area contributed by atoms with Gasteiger partial charge in [0.15, 0.2) is 0 Å². The smallest absolute Gasteiger partial charge is 0.261 e. The van der Waals surface area contributed by atoms with Gasteiger partial charge in [-0.05, 0) is 54.8 Å². The molecule has 3 rings (SSSR count). The average molecular weight is 386 g/mol. The number of hydrogen-bond acceptors (Lipinski definition) is 4. The molecule has 0 spiro atoms. The molecule has 0 radical (unpaired) electrons. The van der Waals surface area contributed by atoms with Crippen molar-refractivity contribution in [1.82, 2.24) is 5.32 Å². The van der Waals surface area contributed by atoms with Crippen LogP contribution in [0.4, 0.5) is 5.69 Å². The molecule has 1 fully saturated rings. The van der Waals surface area contributed by atoms with E-state index in [2.05, 4.69) is 16.6 Å². The van der Waals surface area contributed by atoms with E-state index in [0.717, 1.165) is 18.4 Å². The molecule has 1 amide bonds. The Labute approximate surface area is 159 Å². The number of carbonyl (C=O) groups excluding carboxylic acids is 1. The Morgan fingerprint density at radius 2 is 1.78 bits per heavy atom.